The van der Waals surface area contributed by atoms with Crippen molar-refractivity contribution in [2.24, 2.45) is 0 Å². The van der Waals surface area contributed by atoms with Crippen molar-refractivity contribution in [2.75, 3.05) is 5.32 Å². The summed E-state index contributed by atoms with van der Waals surface area (Å²) in [7, 11) is 0. The Balaban J connectivity index is 1.62. The molecular weight excluding hydrogens is 370 g/mol. The number of carbonyl (C=O) groups excluding carboxylic acids is 1. The van der Waals surface area contributed by atoms with Crippen LogP contribution in [0.1, 0.15) is 16.8 Å². The highest BCUT2D eigenvalue weighted by molar-refractivity contribution is 5.93. The first-order valence-electron chi connectivity index (χ1n) is 9.77. The largest absolute Gasteiger partial charge is 0.309 e. The lowest BCUT2D eigenvalue weighted by Crippen LogP contribution is -2.16. The molecule has 0 aliphatic carbocycles. The van der Waals surface area contributed by atoms with Crippen LogP contribution in [0.2, 0.25) is 0 Å². The van der Waals surface area contributed by atoms with Gasteiger partial charge in [0, 0.05) is 5.56 Å². The van der Waals surface area contributed by atoms with Gasteiger partial charge in [-0.15, -0.1) is 0 Å². The average Bonchev–Trinajstić information content (AvgIpc) is 2.80. The van der Waals surface area contributed by atoms with E-state index in [4.69, 9.17) is 4.98 Å². The molecule has 4 nitrogen and oxygen atoms in total. The maximum absolute atomic E-state index is 12.6. The summed E-state index contributed by atoms with van der Waals surface area (Å²) in [6, 6.07) is 29.5. The quantitative estimate of drug-likeness (QED) is 0.472. The van der Waals surface area contributed by atoms with Crippen LogP contribution >= 0.6 is 0 Å². The topological polar surface area (TPSA) is 54.9 Å². The Bertz CT molecular complexity index is 1140. The van der Waals surface area contributed by atoms with Crippen molar-refractivity contribution in [3.05, 3.63) is 114 Å². The Kier molecular flexibility index (Phi) is 6.06. The molecule has 1 aromatic heterocycles. The van der Waals surface area contributed by atoms with Gasteiger partial charge in [-0.3, -0.25) is 4.79 Å². The fourth-order valence-corrected chi connectivity index (χ4v) is 3.06. The van der Waals surface area contributed by atoms with Gasteiger partial charge in [-0.05, 0) is 17.2 Å². The molecule has 0 atom stereocenters. The Labute approximate surface area is 176 Å². The van der Waals surface area contributed by atoms with Crippen LogP contribution in [0.5, 0.6) is 0 Å². The lowest BCUT2D eigenvalue weighted by Gasteiger charge is -2.09. The second kappa shape index (κ2) is 9.43. The van der Waals surface area contributed by atoms with Crippen LogP contribution in [0.4, 0.5) is 5.82 Å². The van der Waals surface area contributed by atoms with Gasteiger partial charge in [0.05, 0.1) is 18.3 Å². The highest BCUT2D eigenvalue weighted by atomic mass is 16.1. The minimum atomic E-state index is -0.127. The average molecular weight is 391 g/mol. The summed E-state index contributed by atoms with van der Waals surface area (Å²) in [5.74, 6) is 0.320. The van der Waals surface area contributed by atoms with E-state index in [-0.39, 0.29) is 12.3 Å². The molecule has 3 aromatic carbocycles. The fraction of sp³-hybridized carbons (Fsp3) is 0.0385. The third kappa shape index (κ3) is 5.06. The number of amides is 1. The number of aromatic nitrogens is 2. The van der Waals surface area contributed by atoms with E-state index in [2.05, 4.69) is 10.3 Å². The number of nitrogens with zero attached hydrogens (tertiary/aromatic N) is 2. The maximum atomic E-state index is 12.6. The van der Waals surface area contributed by atoms with Crippen LogP contribution in [0.25, 0.3) is 23.4 Å². The number of rotatable bonds is 6. The molecule has 0 bridgehead atoms. The Hall–Kier alpha value is -4.05. The minimum Gasteiger partial charge on any atom is -0.309 e. The van der Waals surface area contributed by atoms with E-state index in [1.165, 1.54) is 0 Å². The van der Waals surface area contributed by atoms with Crippen molar-refractivity contribution in [3.63, 3.8) is 0 Å². The molecule has 0 unspecified atom stereocenters. The van der Waals surface area contributed by atoms with Crippen LogP contribution in [0.3, 0.4) is 0 Å². The van der Waals surface area contributed by atoms with Crippen molar-refractivity contribution in [1.29, 1.82) is 0 Å². The number of carbonyl (C=O) groups is 1. The highest BCUT2D eigenvalue weighted by Crippen LogP contribution is 2.21. The molecule has 0 aliphatic rings. The standard InChI is InChI=1S/C26H21N3O/c30-25(18-21-12-6-2-7-13-21)29-26-23(17-16-20-10-4-1-5-11-20)28-24(19-27-26)22-14-8-3-9-15-22/h1-17,19H,18H2,(H,27,29,30)/b17-16+. The Morgan fingerprint density at radius 2 is 1.43 bits per heavy atom. The molecular formula is C26H21N3O. The molecule has 1 amide bonds. The maximum Gasteiger partial charge on any atom is 0.230 e. The second-order valence-corrected chi connectivity index (χ2v) is 6.81. The predicted molar refractivity (Wildman–Crippen MR) is 122 cm³/mol. The SMILES string of the molecule is O=C(Cc1ccccc1)Nc1ncc(-c2ccccc2)nc1/C=C/c1ccccc1. The van der Waals surface area contributed by atoms with Crippen LogP contribution in [0, 0.1) is 0 Å². The molecule has 0 radical (unpaired) electrons. The zero-order chi connectivity index (χ0) is 20.6. The Morgan fingerprint density at radius 1 is 0.800 bits per heavy atom. The van der Waals surface area contributed by atoms with E-state index in [0.29, 0.717) is 11.5 Å². The third-order valence-electron chi connectivity index (χ3n) is 4.57. The Morgan fingerprint density at radius 3 is 2.13 bits per heavy atom. The van der Waals surface area contributed by atoms with Gasteiger partial charge in [-0.1, -0.05) is 97.1 Å². The number of hydrogen-bond donors (Lipinski definition) is 1. The summed E-state index contributed by atoms with van der Waals surface area (Å²) in [6.45, 7) is 0. The third-order valence-corrected chi connectivity index (χ3v) is 4.57. The summed E-state index contributed by atoms with van der Waals surface area (Å²) >= 11 is 0. The minimum absolute atomic E-state index is 0.127. The summed E-state index contributed by atoms with van der Waals surface area (Å²) in [5.41, 5.74) is 4.34. The van der Waals surface area contributed by atoms with Crippen LogP contribution in [-0.4, -0.2) is 15.9 Å². The molecule has 0 aliphatic heterocycles. The van der Waals surface area contributed by atoms with Crippen molar-refractivity contribution >= 4 is 23.9 Å². The first kappa shape index (κ1) is 19.3. The van der Waals surface area contributed by atoms with Gasteiger partial charge in [0.25, 0.3) is 0 Å². The lowest BCUT2D eigenvalue weighted by atomic mass is 10.1. The van der Waals surface area contributed by atoms with Crippen LogP contribution in [-0.2, 0) is 11.2 Å². The fourth-order valence-electron chi connectivity index (χ4n) is 3.06. The molecule has 30 heavy (non-hydrogen) atoms. The number of benzene rings is 3. The highest BCUT2D eigenvalue weighted by Gasteiger charge is 2.11. The van der Waals surface area contributed by atoms with E-state index in [1.807, 2.05) is 103 Å². The molecule has 4 aromatic rings. The molecule has 1 heterocycles. The van der Waals surface area contributed by atoms with Crippen molar-refractivity contribution in [2.45, 2.75) is 6.42 Å². The van der Waals surface area contributed by atoms with Gasteiger partial charge in [-0.2, -0.15) is 0 Å². The monoisotopic (exact) mass is 391 g/mol. The molecule has 0 spiro atoms. The van der Waals surface area contributed by atoms with Crippen LogP contribution < -0.4 is 5.32 Å². The number of anilines is 1. The zero-order valence-electron chi connectivity index (χ0n) is 16.4. The molecule has 0 saturated carbocycles. The van der Waals surface area contributed by atoms with Gasteiger partial charge >= 0.3 is 0 Å². The molecule has 4 rings (SSSR count). The summed E-state index contributed by atoms with van der Waals surface area (Å²) in [6.07, 6.45) is 5.82. The summed E-state index contributed by atoms with van der Waals surface area (Å²) in [5, 5.41) is 2.91. The van der Waals surface area contributed by atoms with Crippen molar-refractivity contribution in [1.82, 2.24) is 9.97 Å². The smallest absolute Gasteiger partial charge is 0.230 e. The van der Waals surface area contributed by atoms with Crippen LogP contribution in [0.15, 0.2) is 97.2 Å². The first-order valence-corrected chi connectivity index (χ1v) is 9.77. The van der Waals surface area contributed by atoms with Gasteiger partial charge in [0.15, 0.2) is 5.82 Å². The molecule has 146 valence electrons. The van der Waals surface area contributed by atoms with Gasteiger partial charge in [0.1, 0.15) is 5.69 Å². The first-order chi connectivity index (χ1) is 14.8. The predicted octanol–water partition coefficient (Wildman–Crippen LogP) is 5.50. The van der Waals surface area contributed by atoms with Crippen molar-refractivity contribution in [3.8, 4) is 11.3 Å². The second-order valence-electron chi connectivity index (χ2n) is 6.81. The van der Waals surface area contributed by atoms with E-state index in [9.17, 15) is 4.79 Å². The van der Waals surface area contributed by atoms with E-state index < -0.39 is 0 Å². The number of hydrogen-bond acceptors (Lipinski definition) is 3. The van der Waals surface area contributed by atoms with Gasteiger partial charge in [0.2, 0.25) is 5.91 Å². The van der Waals surface area contributed by atoms with E-state index in [1.54, 1.807) is 6.20 Å². The molecule has 1 N–H and O–H groups in total. The molecule has 0 saturated heterocycles. The van der Waals surface area contributed by atoms with Gasteiger partial charge < -0.3 is 5.32 Å². The number of nitrogens with one attached hydrogen (secondary N) is 1. The summed E-state index contributed by atoms with van der Waals surface area (Å²) in [4.78, 5) is 21.8. The van der Waals surface area contributed by atoms with E-state index in [0.717, 1.165) is 22.4 Å². The zero-order valence-corrected chi connectivity index (χ0v) is 16.4. The van der Waals surface area contributed by atoms with Gasteiger partial charge in [-0.25, -0.2) is 9.97 Å². The van der Waals surface area contributed by atoms with Crippen molar-refractivity contribution < 1.29 is 4.79 Å². The summed E-state index contributed by atoms with van der Waals surface area (Å²) < 4.78 is 0. The molecule has 4 heteroatoms. The normalized spacial score (nSPS) is 10.8. The molecule has 0 fully saturated rings. The lowest BCUT2D eigenvalue weighted by molar-refractivity contribution is -0.115. The van der Waals surface area contributed by atoms with E-state index >= 15 is 0 Å².